The van der Waals surface area contributed by atoms with E-state index >= 15 is 0 Å². The van der Waals surface area contributed by atoms with Gasteiger partial charge in [0.1, 0.15) is 0 Å². The van der Waals surface area contributed by atoms with E-state index in [9.17, 15) is 0 Å². The van der Waals surface area contributed by atoms with Crippen molar-refractivity contribution in [1.82, 2.24) is 14.8 Å². The lowest BCUT2D eigenvalue weighted by atomic mass is 10.1. The first-order valence-corrected chi connectivity index (χ1v) is 11.7. The van der Waals surface area contributed by atoms with E-state index in [2.05, 4.69) is 64.3 Å². The summed E-state index contributed by atoms with van der Waals surface area (Å²) in [6.07, 6.45) is 2.44. The summed E-state index contributed by atoms with van der Waals surface area (Å²) in [7, 11) is 0. The first kappa shape index (κ1) is 21.2. The van der Waals surface area contributed by atoms with Gasteiger partial charge in [-0.2, -0.15) is 0 Å². The number of halogens is 1. The fourth-order valence-electron chi connectivity index (χ4n) is 3.65. The maximum atomic E-state index is 6.00. The number of nitrogens with zero attached hydrogens (tertiary/aromatic N) is 3. The zero-order valence-electron chi connectivity index (χ0n) is 17.4. The maximum Gasteiger partial charge on any atom is 0.191 e. The monoisotopic (exact) mass is 442 g/mol. The third kappa shape index (κ3) is 5.36. The minimum absolute atomic E-state index is 0.232. The molecule has 1 atom stereocenters. The van der Waals surface area contributed by atoms with Crippen LogP contribution >= 0.6 is 23.4 Å². The summed E-state index contributed by atoms with van der Waals surface area (Å²) in [4.78, 5) is 0. The minimum Gasteiger partial charge on any atom is -0.378 e. The molecule has 1 N–H and O–H groups in total. The van der Waals surface area contributed by atoms with Gasteiger partial charge in [-0.25, -0.2) is 0 Å². The SMILES string of the molecule is Cc1ccc(NCc2nnc(SCc3ccc(Cl)cc3)n2CC2CCCO2)c(C)c1. The Bertz CT molecular complexity index is 983. The second-order valence-corrected chi connectivity index (χ2v) is 9.11. The van der Waals surface area contributed by atoms with Gasteiger partial charge in [0, 0.05) is 23.1 Å². The van der Waals surface area contributed by atoms with Crippen molar-refractivity contribution in [3.8, 4) is 0 Å². The highest BCUT2D eigenvalue weighted by Gasteiger charge is 2.21. The lowest BCUT2D eigenvalue weighted by Crippen LogP contribution is -2.19. The summed E-state index contributed by atoms with van der Waals surface area (Å²) in [5.41, 5.74) is 4.84. The third-order valence-electron chi connectivity index (χ3n) is 5.30. The molecule has 1 aliphatic rings. The van der Waals surface area contributed by atoms with E-state index in [1.165, 1.54) is 16.7 Å². The van der Waals surface area contributed by atoms with Crippen LogP contribution in [-0.4, -0.2) is 27.5 Å². The fourth-order valence-corrected chi connectivity index (χ4v) is 4.70. The maximum absolute atomic E-state index is 6.00. The minimum atomic E-state index is 0.232. The molecule has 2 aromatic carbocycles. The summed E-state index contributed by atoms with van der Waals surface area (Å²) >= 11 is 7.70. The number of aromatic nitrogens is 3. The number of hydrogen-bond acceptors (Lipinski definition) is 5. The quantitative estimate of drug-likeness (QED) is 0.458. The molecule has 1 saturated heterocycles. The molecule has 3 aromatic rings. The normalized spacial score (nSPS) is 16.2. The molecule has 1 aromatic heterocycles. The number of anilines is 1. The Morgan fingerprint density at radius 2 is 2.00 bits per heavy atom. The molecule has 158 valence electrons. The van der Waals surface area contributed by atoms with Gasteiger partial charge in [-0.3, -0.25) is 0 Å². The van der Waals surface area contributed by atoms with E-state index in [0.717, 1.165) is 53.4 Å². The fraction of sp³-hybridized carbons (Fsp3) is 0.391. The number of rotatable bonds is 8. The molecule has 7 heteroatoms. The Kier molecular flexibility index (Phi) is 6.97. The van der Waals surface area contributed by atoms with Crippen molar-refractivity contribution in [2.45, 2.75) is 56.8 Å². The molecule has 0 radical (unpaired) electrons. The highest BCUT2D eigenvalue weighted by molar-refractivity contribution is 7.98. The van der Waals surface area contributed by atoms with Crippen LogP contribution in [0.15, 0.2) is 47.6 Å². The predicted octanol–water partition coefficient (Wildman–Crippen LogP) is 5.63. The predicted molar refractivity (Wildman–Crippen MR) is 123 cm³/mol. The van der Waals surface area contributed by atoms with Crippen LogP contribution in [0.5, 0.6) is 0 Å². The summed E-state index contributed by atoms with van der Waals surface area (Å²) in [5, 5.41) is 14.2. The van der Waals surface area contributed by atoms with Crippen LogP contribution in [0.25, 0.3) is 0 Å². The Morgan fingerprint density at radius 3 is 2.73 bits per heavy atom. The van der Waals surface area contributed by atoms with E-state index in [1.54, 1.807) is 11.8 Å². The number of nitrogens with one attached hydrogen (secondary N) is 1. The van der Waals surface area contributed by atoms with Gasteiger partial charge in [0.05, 0.1) is 19.2 Å². The van der Waals surface area contributed by atoms with E-state index in [1.807, 2.05) is 12.1 Å². The van der Waals surface area contributed by atoms with Crippen LogP contribution in [0.3, 0.4) is 0 Å². The highest BCUT2D eigenvalue weighted by Crippen LogP contribution is 2.26. The summed E-state index contributed by atoms with van der Waals surface area (Å²) in [6, 6.07) is 14.4. The number of ether oxygens (including phenoxy) is 1. The molecule has 0 saturated carbocycles. The molecule has 1 aliphatic heterocycles. The smallest absolute Gasteiger partial charge is 0.191 e. The Balaban J connectivity index is 1.49. The van der Waals surface area contributed by atoms with Crippen LogP contribution in [0.1, 0.15) is 35.4 Å². The lowest BCUT2D eigenvalue weighted by Gasteiger charge is -2.16. The lowest BCUT2D eigenvalue weighted by molar-refractivity contribution is 0.0942. The first-order chi connectivity index (χ1) is 14.6. The van der Waals surface area contributed by atoms with Crippen molar-refractivity contribution >= 4 is 29.1 Å². The van der Waals surface area contributed by atoms with Crippen LogP contribution in [-0.2, 0) is 23.6 Å². The van der Waals surface area contributed by atoms with Crippen molar-refractivity contribution in [2.75, 3.05) is 11.9 Å². The Morgan fingerprint density at radius 1 is 1.17 bits per heavy atom. The van der Waals surface area contributed by atoms with Gasteiger partial charge in [-0.15, -0.1) is 10.2 Å². The largest absolute Gasteiger partial charge is 0.378 e. The molecule has 1 unspecified atom stereocenters. The van der Waals surface area contributed by atoms with Crippen molar-refractivity contribution in [3.63, 3.8) is 0 Å². The number of thioether (sulfide) groups is 1. The summed E-state index contributed by atoms with van der Waals surface area (Å²) in [6.45, 7) is 6.50. The zero-order valence-corrected chi connectivity index (χ0v) is 19.0. The van der Waals surface area contributed by atoms with Gasteiger partial charge >= 0.3 is 0 Å². The Hall–Kier alpha value is -2.02. The second-order valence-electron chi connectivity index (χ2n) is 7.73. The molecule has 0 spiro atoms. The number of hydrogen-bond donors (Lipinski definition) is 1. The van der Waals surface area contributed by atoms with Crippen LogP contribution in [0.4, 0.5) is 5.69 Å². The van der Waals surface area contributed by atoms with Gasteiger partial charge in [0.15, 0.2) is 11.0 Å². The third-order valence-corrected chi connectivity index (χ3v) is 6.59. The van der Waals surface area contributed by atoms with Crippen molar-refractivity contribution in [2.24, 2.45) is 0 Å². The molecule has 0 bridgehead atoms. The molecule has 0 aliphatic carbocycles. The van der Waals surface area contributed by atoms with Crippen molar-refractivity contribution in [1.29, 1.82) is 0 Å². The van der Waals surface area contributed by atoms with Gasteiger partial charge in [-0.1, -0.05) is 53.2 Å². The average Bonchev–Trinajstić information content (AvgIpc) is 3.38. The second kappa shape index (κ2) is 9.86. The zero-order chi connectivity index (χ0) is 20.9. The highest BCUT2D eigenvalue weighted by atomic mass is 35.5. The molecule has 1 fully saturated rings. The van der Waals surface area contributed by atoms with E-state index in [0.29, 0.717) is 6.54 Å². The van der Waals surface area contributed by atoms with Gasteiger partial charge in [-0.05, 0) is 56.0 Å². The summed E-state index contributed by atoms with van der Waals surface area (Å²) < 4.78 is 8.10. The van der Waals surface area contributed by atoms with E-state index in [-0.39, 0.29) is 6.10 Å². The molecule has 0 amide bonds. The molecule has 5 nitrogen and oxygen atoms in total. The van der Waals surface area contributed by atoms with Crippen molar-refractivity contribution in [3.05, 3.63) is 70.0 Å². The molecular formula is C23H27ClN4OS. The molecule has 4 rings (SSSR count). The van der Waals surface area contributed by atoms with E-state index < -0.39 is 0 Å². The van der Waals surface area contributed by atoms with Crippen molar-refractivity contribution < 1.29 is 4.74 Å². The van der Waals surface area contributed by atoms with Crippen LogP contribution < -0.4 is 5.32 Å². The summed E-state index contributed by atoms with van der Waals surface area (Å²) in [5.74, 6) is 1.76. The Labute approximate surface area is 187 Å². The van der Waals surface area contributed by atoms with Crippen LogP contribution in [0.2, 0.25) is 5.02 Å². The average molecular weight is 443 g/mol. The molecule has 30 heavy (non-hydrogen) atoms. The van der Waals surface area contributed by atoms with Gasteiger partial charge in [0.2, 0.25) is 0 Å². The standard InChI is InChI=1S/C23H27ClN4OS/c1-16-5-10-21(17(2)12-16)25-13-22-26-27-23(28(22)14-20-4-3-11-29-20)30-15-18-6-8-19(24)9-7-18/h5-10,12,20,25H,3-4,11,13-15H2,1-2H3. The molecular weight excluding hydrogens is 416 g/mol. The van der Waals surface area contributed by atoms with Gasteiger partial charge in [0.25, 0.3) is 0 Å². The van der Waals surface area contributed by atoms with Gasteiger partial charge < -0.3 is 14.6 Å². The molecule has 2 heterocycles. The topological polar surface area (TPSA) is 52.0 Å². The first-order valence-electron chi connectivity index (χ1n) is 10.3. The number of benzene rings is 2. The van der Waals surface area contributed by atoms with E-state index in [4.69, 9.17) is 16.3 Å². The number of aryl methyl sites for hydroxylation is 2. The van der Waals surface area contributed by atoms with Crippen LogP contribution in [0, 0.1) is 13.8 Å².